The van der Waals surface area contributed by atoms with Crippen LogP contribution in [0.5, 0.6) is 5.75 Å². The lowest BCUT2D eigenvalue weighted by atomic mass is 10.0. The summed E-state index contributed by atoms with van der Waals surface area (Å²) in [6, 6.07) is 6.87. The van der Waals surface area contributed by atoms with Crippen molar-refractivity contribution in [2.24, 2.45) is 0 Å². The maximum absolute atomic E-state index is 9.78. The predicted molar refractivity (Wildman–Crippen MR) is 70.7 cm³/mol. The van der Waals surface area contributed by atoms with E-state index in [4.69, 9.17) is 9.26 Å². The lowest BCUT2D eigenvalue weighted by Gasteiger charge is -2.23. The van der Waals surface area contributed by atoms with Gasteiger partial charge in [-0.3, -0.25) is 0 Å². The zero-order valence-corrected chi connectivity index (χ0v) is 11.4. The van der Waals surface area contributed by atoms with E-state index >= 15 is 0 Å². The molecule has 0 bridgehead atoms. The van der Waals surface area contributed by atoms with Crippen LogP contribution < -0.4 is 0 Å². The molecule has 2 aromatic rings. The summed E-state index contributed by atoms with van der Waals surface area (Å²) in [5.41, 5.74) is -0.0443. The van der Waals surface area contributed by atoms with Crippen molar-refractivity contribution in [3.05, 3.63) is 30.1 Å². The Labute approximate surface area is 112 Å². The summed E-state index contributed by atoms with van der Waals surface area (Å²) in [5, 5.41) is 13.8. The van der Waals surface area contributed by atoms with Crippen LogP contribution in [0, 0.1) is 0 Å². The van der Waals surface area contributed by atoms with E-state index in [1.165, 1.54) is 0 Å². The van der Waals surface area contributed by atoms with Crippen molar-refractivity contribution < 1.29 is 14.4 Å². The van der Waals surface area contributed by atoms with Gasteiger partial charge in [-0.2, -0.15) is 4.98 Å². The number of hydrogen-bond acceptors (Lipinski definition) is 5. The van der Waals surface area contributed by atoms with Gasteiger partial charge in [0.15, 0.2) is 0 Å². The van der Waals surface area contributed by atoms with Gasteiger partial charge in [0.25, 0.3) is 5.89 Å². The van der Waals surface area contributed by atoms with Crippen LogP contribution in [-0.2, 0) is 10.3 Å². The summed E-state index contributed by atoms with van der Waals surface area (Å²) in [6.45, 7) is 6.43. The van der Waals surface area contributed by atoms with Gasteiger partial charge in [-0.15, -0.1) is 0 Å². The molecular weight excluding hydrogens is 244 g/mol. The molecule has 0 fully saturated rings. The van der Waals surface area contributed by atoms with Crippen molar-refractivity contribution in [1.82, 2.24) is 10.1 Å². The second-order valence-corrected chi connectivity index (χ2v) is 4.46. The minimum atomic E-state index is -0.569. The second-order valence-electron chi connectivity index (χ2n) is 4.46. The van der Waals surface area contributed by atoms with Gasteiger partial charge in [0.05, 0.1) is 5.56 Å². The van der Waals surface area contributed by atoms with Crippen molar-refractivity contribution >= 4 is 0 Å². The normalized spacial score (nSPS) is 14.3. The highest BCUT2D eigenvalue weighted by Crippen LogP contribution is 2.31. The van der Waals surface area contributed by atoms with E-state index in [2.05, 4.69) is 10.1 Å². The van der Waals surface area contributed by atoms with Crippen LogP contribution in [-0.4, -0.2) is 21.9 Å². The van der Waals surface area contributed by atoms with Gasteiger partial charge in [-0.1, -0.05) is 24.2 Å². The van der Waals surface area contributed by atoms with Crippen LogP contribution in [0.2, 0.25) is 0 Å². The van der Waals surface area contributed by atoms with Gasteiger partial charge in [0.1, 0.15) is 11.4 Å². The van der Waals surface area contributed by atoms with E-state index in [0.29, 0.717) is 23.9 Å². The Morgan fingerprint density at radius 3 is 2.68 bits per heavy atom. The quantitative estimate of drug-likeness (QED) is 0.896. The van der Waals surface area contributed by atoms with Gasteiger partial charge in [0.2, 0.25) is 5.82 Å². The molecule has 5 nitrogen and oxygen atoms in total. The molecule has 1 aromatic heterocycles. The van der Waals surface area contributed by atoms with Crippen LogP contribution in [0.15, 0.2) is 28.8 Å². The summed E-state index contributed by atoms with van der Waals surface area (Å²) in [5.74, 6) is 0.912. The first-order valence-electron chi connectivity index (χ1n) is 6.37. The second kappa shape index (κ2) is 5.40. The third-order valence-electron chi connectivity index (χ3n) is 3.17. The molecule has 102 valence electrons. The largest absolute Gasteiger partial charge is 0.507 e. The first-order chi connectivity index (χ1) is 9.10. The first-order valence-corrected chi connectivity index (χ1v) is 6.37. The average molecular weight is 262 g/mol. The van der Waals surface area contributed by atoms with E-state index in [9.17, 15) is 5.11 Å². The summed E-state index contributed by atoms with van der Waals surface area (Å²) >= 11 is 0. The topological polar surface area (TPSA) is 68.4 Å². The van der Waals surface area contributed by atoms with Crippen LogP contribution in [0.4, 0.5) is 0 Å². The fraction of sp³-hybridized carbons (Fsp3) is 0.429. The minimum Gasteiger partial charge on any atom is -0.507 e. The van der Waals surface area contributed by atoms with Gasteiger partial charge in [-0.05, 0) is 32.4 Å². The fourth-order valence-corrected chi connectivity index (χ4v) is 1.85. The number of ether oxygens (including phenoxy) is 1. The molecule has 0 radical (unpaired) electrons. The lowest BCUT2D eigenvalue weighted by molar-refractivity contribution is -0.0403. The number of aromatic hydroxyl groups is 1. The molecule has 1 N–H and O–H groups in total. The zero-order valence-electron chi connectivity index (χ0n) is 11.4. The maximum Gasteiger partial charge on any atom is 0.261 e. The zero-order chi connectivity index (χ0) is 13.9. The molecule has 0 saturated heterocycles. The molecule has 0 saturated carbocycles. The standard InChI is InChI=1S/C14H18N2O3/c1-4-14(3,18-5-2)13-15-12(19-16-13)10-8-6-7-9-11(10)17/h6-9,17H,4-5H2,1-3H3. The predicted octanol–water partition coefficient (Wildman–Crippen LogP) is 3.10. The number of hydrogen-bond donors (Lipinski definition) is 1. The number of para-hydroxylation sites is 1. The Hall–Kier alpha value is -1.88. The van der Waals surface area contributed by atoms with Gasteiger partial charge in [0, 0.05) is 6.61 Å². The van der Waals surface area contributed by atoms with Crippen LogP contribution in [0.3, 0.4) is 0 Å². The van der Waals surface area contributed by atoms with Crippen LogP contribution in [0.1, 0.15) is 33.0 Å². The smallest absolute Gasteiger partial charge is 0.261 e. The highest BCUT2D eigenvalue weighted by atomic mass is 16.5. The Morgan fingerprint density at radius 2 is 2.05 bits per heavy atom. The molecule has 1 aromatic carbocycles. The average Bonchev–Trinajstić information content (AvgIpc) is 2.89. The molecule has 0 aliphatic rings. The monoisotopic (exact) mass is 262 g/mol. The summed E-state index contributed by atoms with van der Waals surface area (Å²) < 4.78 is 10.9. The van der Waals surface area contributed by atoms with Gasteiger partial charge in [-0.25, -0.2) is 0 Å². The highest BCUT2D eigenvalue weighted by molar-refractivity contribution is 5.61. The number of phenolic OH excluding ortho intramolecular Hbond substituents is 1. The lowest BCUT2D eigenvalue weighted by Crippen LogP contribution is -2.26. The van der Waals surface area contributed by atoms with E-state index < -0.39 is 5.60 Å². The number of rotatable bonds is 5. The van der Waals surface area contributed by atoms with Crippen LogP contribution in [0.25, 0.3) is 11.5 Å². The van der Waals surface area contributed by atoms with Gasteiger partial charge < -0.3 is 14.4 Å². The van der Waals surface area contributed by atoms with E-state index in [1.54, 1.807) is 24.3 Å². The van der Waals surface area contributed by atoms with E-state index in [1.807, 2.05) is 20.8 Å². The third kappa shape index (κ3) is 2.61. The molecular formula is C14H18N2O3. The van der Waals surface area contributed by atoms with E-state index in [0.717, 1.165) is 6.42 Å². The minimum absolute atomic E-state index is 0.118. The molecule has 0 aliphatic heterocycles. The molecule has 0 spiro atoms. The highest BCUT2D eigenvalue weighted by Gasteiger charge is 2.31. The van der Waals surface area contributed by atoms with Crippen molar-refractivity contribution in [1.29, 1.82) is 0 Å². The molecule has 0 amide bonds. The Kier molecular flexibility index (Phi) is 3.85. The maximum atomic E-state index is 9.78. The molecule has 0 aliphatic carbocycles. The molecule has 2 rings (SSSR count). The van der Waals surface area contributed by atoms with E-state index in [-0.39, 0.29) is 5.75 Å². The van der Waals surface area contributed by atoms with Crippen LogP contribution >= 0.6 is 0 Å². The molecule has 1 heterocycles. The Morgan fingerprint density at radius 1 is 1.32 bits per heavy atom. The SMILES string of the molecule is CCOC(C)(CC)c1noc(-c2ccccc2O)n1. The summed E-state index contributed by atoms with van der Waals surface area (Å²) in [4.78, 5) is 4.34. The Bertz CT molecular complexity index is 553. The van der Waals surface area contributed by atoms with Gasteiger partial charge >= 0.3 is 0 Å². The molecule has 1 atom stereocenters. The van der Waals surface area contributed by atoms with Crippen molar-refractivity contribution in [3.8, 4) is 17.2 Å². The molecule has 5 heteroatoms. The van der Waals surface area contributed by atoms with Crippen molar-refractivity contribution in [2.75, 3.05) is 6.61 Å². The molecule has 19 heavy (non-hydrogen) atoms. The first kappa shape index (κ1) is 13.5. The summed E-state index contributed by atoms with van der Waals surface area (Å²) in [6.07, 6.45) is 0.737. The third-order valence-corrected chi connectivity index (χ3v) is 3.17. The van der Waals surface area contributed by atoms with Crippen molar-refractivity contribution in [2.45, 2.75) is 32.8 Å². The van der Waals surface area contributed by atoms with Crippen molar-refractivity contribution in [3.63, 3.8) is 0 Å². The fourth-order valence-electron chi connectivity index (χ4n) is 1.85. The number of benzene rings is 1. The number of phenols is 1. The summed E-state index contributed by atoms with van der Waals surface area (Å²) in [7, 11) is 0. The molecule has 1 unspecified atom stereocenters. The number of aromatic nitrogens is 2. The Balaban J connectivity index is 2.36. The number of nitrogens with zero attached hydrogens (tertiary/aromatic N) is 2.